The van der Waals surface area contributed by atoms with Gasteiger partial charge in [0.1, 0.15) is 0 Å². The van der Waals surface area contributed by atoms with Gasteiger partial charge in [-0.25, -0.2) is 8.42 Å². The number of carbonyl (C=O) groups excluding carboxylic acids is 2. The fraction of sp³-hybridized carbons (Fsp3) is 0.818. The van der Waals surface area contributed by atoms with E-state index in [2.05, 4.69) is 0 Å². The van der Waals surface area contributed by atoms with Crippen LogP contribution in [0.4, 0.5) is 0 Å². The zero-order valence-electron chi connectivity index (χ0n) is 11.1. The van der Waals surface area contributed by atoms with Gasteiger partial charge in [-0.15, -0.1) is 0 Å². The molecule has 1 atom stereocenters. The van der Waals surface area contributed by atoms with Crippen LogP contribution in [0.15, 0.2) is 0 Å². The summed E-state index contributed by atoms with van der Waals surface area (Å²) in [7, 11) is -3.43. The SMILES string of the molecule is CC(C)CCS(=O)(=O)CC(C)(CC(N)=O)C(N)=O. The van der Waals surface area contributed by atoms with Crippen LogP contribution in [-0.2, 0) is 19.4 Å². The average Bonchev–Trinajstić information content (AvgIpc) is 2.12. The minimum atomic E-state index is -3.43. The van der Waals surface area contributed by atoms with Crippen LogP contribution >= 0.6 is 0 Å². The highest BCUT2D eigenvalue weighted by Crippen LogP contribution is 2.24. The van der Waals surface area contributed by atoms with Crippen LogP contribution < -0.4 is 11.5 Å². The molecule has 4 N–H and O–H groups in total. The molecule has 0 aliphatic carbocycles. The van der Waals surface area contributed by atoms with Crippen LogP contribution in [0.5, 0.6) is 0 Å². The van der Waals surface area contributed by atoms with Crippen LogP contribution in [0.25, 0.3) is 0 Å². The van der Waals surface area contributed by atoms with Crippen molar-refractivity contribution >= 4 is 21.7 Å². The molecule has 106 valence electrons. The molecule has 0 fully saturated rings. The monoisotopic (exact) mass is 278 g/mol. The quantitative estimate of drug-likeness (QED) is 0.639. The highest BCUT2D eigenvalue weighted by Gasteiger charge is 2.37. The summed E-state index contributed by atoms with van der Waals surface area (Å²) in [6.07, 6.45) is 0.150. The van der Waals surface area contributed by atoms with Crippen molar-refractivity contribution in [3.8, 4) is 0 Å². The first-order chi connectivity index (χ1) is 7.98. The van der Waals surface area contributed by atoms with E-state index < -0.39 is 32.8 Å². The maximum absolute atomic E-state index is 11.9. The van der Waals surface area contributed by atoms with Crippen molar-refractivity contribution in [2.75, 3.05) is 11.5 Å². The van der Waals surface area contributed by atoms with E-state index in [1.807, 2.05) is 13.8 Å². The van der Waals surface area contributed by atoms with Gasteiger partial charge < -0.3 is 11.5 Å². The normalized spacial score (nSPS) is 15.3. The second-order valence-corrected chi connectivity index (χ2v) is 7.53. The molecule has 0 saturated heterocycles. The second kappa shape index (κ2) is 6.17. The number of primary amides is 2. The molecule has 0 aliphatic rings. The number of carbonyl (C=O) groups is 2. The maximum Gasteiger partial charge on any atom is 0.224 e. The Morgan fingerprint density at radius 1 is 1.22 bits per heavy atom. The van der Waals surface area contributed by atoms with Crippen molar-refractivity contribution in [1.82, 2.24) is 0 Å². The highest BCUT2D eigenvalue weighted by molar-refractivity contribution is 7.91. The summed E-state index contributed by atoms with van der Waals surface area (Å²) in [6, 6.07) is 0. The topological polar surface area (TPSA) is 120 Å². The lowest BCUT2D eigenvalue weighted by Gasteiger charge is -2.24. The third-order valence-corrected chi connectivity index (χ3v) is 4.64. The van der Waals surface area contributed by atoms with Crippen molar-refractivity contribution in [2.24, 2.45) is 22.8 Å². The summed E-state index contributed by atoms with van der Waals surface area (Å²) < 4.78 is 23.8. The lowest BCUT2D eigenvalue weighted by Crippen LogP contribution is -2.43. The zero-order chi connectivity index (χ0) is 14.6. The number of hydrogen-bond donors (Lipinski definition) is 2. The van der Waals surface area contributed by atoms with E-state index >= 15 is 0 Å². The van der Waals surface area contributed by atoms with Crippen molar-refractivity contribution in [3.63, 3.8) is 0 Å². The molecule has 0 bridgehead atoms. The smallest absolute Gasteiger partial charge is 0.224 e. The predicted octanol–water partition coefficient (Wildman–Crippen LogP) is -0.186. The van der Waals surface area contributed by atoms with Crippen LogP contribution in [0.1, 0.15) is 33.6 Å². The van der Waals surface area contributed by atoms with Gasteiger partial charge in [0, 0.05) is 6.42 Å². The van der Waals surface area contributed by atoms with Crippen molar-refractivity contribution in [2.45, 2.75) is 33.6 Å². The molecule has 0 aromatic carbocycles. The molecule has 7 heteroatoms. The zero-order valence-corrected chi connectivity index (χ0v) is 11.9. The van der Waals surface area contributed by atoms with E-state index in [0.717, 1.165) is 0 Å². The van der Waals surface area contributed by atoms with Crippen LogP contribution in [0.2, 0.25) is 0 Å². The molecule has 0 radical (unpaired) electrons. The lowest BCUT2D eigenvalue weighted by molar-refractivity contribution is -0.131. The van der Waals surface area contributed by atoms with Crippen LogP contribution in [0, 0.1) is 11.3 Å². The molecule has 1 unspecified atom stereocenters. The lowest BCUT2D eigenvalue weighted by atomic mass is 9.88. The van der Waals surface area contributed by atoms with E-state index in [9.17, 15) is 18.0 Å². The Balaban J connectivity index is 4.88. The molecular formula is C11H22N2O4S. The number of rotatable bonds is 8. The van der Waals surface area contributed by atoms with Gasteiger partial charge in [0.15, 0.2) is 9.84 Å². The maximum atomic E-state index is 11.9. The third kappa shape index (κ3) is 6.00. The van der Waals surface area contributed by atoms with Gasteiger partial charge in [-0.1, -0.05) is 13.8 Å². The van der Waals surface area contributed by atoms with Crippen molar-refractivity contribution in [3.05, 3.63) is 0 Å². The average molecular weight is 278 g/mol. The largest absolute Gasteiger partial charge is 0.370 e. The summed E-state index contributed by atoms with van der Waals surface area (Å²) in [4.78, 5) is 22.2. The molecule has 6 nitrogen and oxygen atoms in total. The number of hydrogen-bond acceptors (Lipinski definition) is 4. The molecule has 0 aromatic heterocycles. The molecule has 18 heavy (non-hydrogen) atoms. The summed E-state index contributed by atoms with van der Waals surface area (Å²) in [5.41, 5.74) is 8.76. The molecule has 0 spiro atoms. The summed E-state index contributed by atoms with van der Waals surface area (Å²) >= 11 is 0. The van der Waals surface area contributed by atoms with E-state index in [0.29, 0.717) is 6.42 Å². The van der Waals surface area contributed by atoms with E-state index in [1.54, 1.807) is 0 Å². The van der Waals surface area contributed by atoms with Gasteiger partial charge in [0.2, 0.25) is 11.8 Å². The number of nitrogens with two attached hydrogens (primary N) is 2. The number of amides is 2. The fourth-order valence-electron chi connectivity index (χ4n) is 1.57. The first kappa shape index (κ1) is 16.9. The molecular weight excluding hydrogens is 256 g/mol. The molecule has 2 amide bonds. The summed E-state index contributed by atoms with van der Waals surface area (Å²) in [5.74, 6) is -1.78. The minimum Gasteiger partial charge on any atom is -0.370 e. The molecule has 0 aliphatic heterocycles. The molecule has 0 heterocycles. The second-order valence-electron chi connectivity index (χ2n) is 5.34. The van der Waals surface area contributed by atoms with Crippen LogP contribution in [0.3, 0.4) is 0 Å². The number of sulfone groups is 1. The van der Waals surface area contributed by atoms with Gasteiger partial charge >= 0.3 is 0 Å². The third-order valence-electron chi connectivity index (χ3n) is 2.70. The summed E-state index contributed by atoms with van der Waals surface area (Å²) in [5, 5.41) is 0. The molecule has 0 aromatic rings. The van der Waals surface area contributed by atoms with Gasteiger partial charge in [-0.2, -0.15) is 0 Å². The minimum absolute atomic E-state index is 0.0215. The van der Waals surface area contributed by atoms with E-state index in [4.69, 9.17) is 11.5 Å². The first-order valence-corrected chi connectivity index (χ1v) is 7.59. The van der Waals surface area contributed by atoms with E-state index in [-0.39, 0.29) is 18.1 Å². The van der Waals surface area contributed by atoms with Gasteiger partial charge in [0.05, 0.1) is 16.9 Å². The molecule has 0 rings (SSSR count). The van der Waals surface area contributed by atoms with Crippen molar-refractivity contribution in [1.29, 1.82) is 0 Å². The predicted molar refractivity (Wildman–Crippen MR) is 69.2 cm³/mol. The Hall–Kier alpha value is -1.11. The van der Waals surface area contributed by atoms with E-state index in [1.165, 1.54) is 6.92 Å². The Kier molecular flexibility index (Phi) is 5.79. The fourth-order valence-corrected chi connectivity index (χ4v) is 3.76. The first-order valence-electron chi connectivity index (χ1n) is 5.77. The van der Waals surface area contributed by atoms with Gasteiger partial charge in [0.25, 0.3) is 0 Å². The molecule has 0 saturated carbocycles. The van der Waals surface area contributed by atoms with Crippen molar-refractivity contribution < 1.29 is 18.0 Å². The highest BCUT2D eigenvalue weighted by atomic mass is 32.2. The Bertz CT molecular complexity index is 417. The van der Waals surface area contributed by atoms with Crippen LogP contribution in [-0.4, -0.2) is 31.7 Å². The Morgan fingerprint density at radius 3 is 2.06 bits per heavy atom. The Morgan fingerprint density at radius 2 is 1.72 bits per heavy atom. The van der Waals surface area contributed by atoms with Gasteiger partial charge in [-0.3, -0.25) is 9.59 Å². The Labute approximate surface area is 108 Å². The summed E-state index contributed by atoms with van der Waals surface area (Å²) in [6.45, 7) is 5.17. The van der Waals surface area contributed by atoms with Gasteiger partial charge in [-0.05, 0) is 19.3 Å². The standard InChI is InChI=1S/C11H22N2O4S/c1-8(2)4-5-18(16,17)7-11(3,10(13)15)6-9(12)14/h8H,4-7H2,1-3H3,(H2,12,14)(H2,13,15).